The Balaban J connectivity index is 1.01. The van der Waals surface area contributed by atoms with E-state index in [9.17, 15) is 0 Å². The zero-order valence-electron chi connectivity index (χ0n) is 45.6. The van der Waals surface area contributed by atoms with E-state index in [2.05, 4.69) is 322 Å². The summed E-state index contributed by atoms with van der Waals surface area (Å²) in [5, 5.41) is 5.51. The number of rotatable bonds is 8. The van der Waals surface area contributed by atoms with Crippen LogP contribution in [-0.2, 0) is 0 Å². The fourth-order valence-corrected chi connectivity index (χ4v) is 14.1. The summed E-state index contributed by atoms with van der Waals surface area (Å²) in [6.07, 6.45) is 0. The molecule has 17 rings (SSSR count). The molecule has 0 bridgehead atoms. The van der Waals surface area contributed by atoms with Crippen LogP contribution in [0.15, 0.2) is 303 Å². The van der Waals surface area contributed by atoms with Crippen molar-refractivity contribution in [3.63, 3.8) is 0 Å². The van der Waals surface area contributed by atoms with Gasteiger partial charge in [-0.1, -0.05) is 242 Å². The van der Waals surface area contributed by atoms with Gasteiger partial charge in [0.25, 0.3) is 6.71 Å². The second-order valence-electron chi connectivity index (χ2n) is 22.1. The van der Waals surface area contributed by atoms with Crippen LogP contribution in [-0.4, -0.2) is 15.8 Å². The molecular formula is C78H50BClN4. The minimum Gasteiger partial charge on any atom is -0.311 e. The molecule has 13 aromatic carbocycles. The predicted molar refractivity (Wildman–Crippen MR) is 356 cm³/mol. The molecule has 2 aromatic heterocycles. The van der Waals surface area contributed by atoms with Crippen LogP contribution in [0.4, 0.5) is 34.1 Å². The van der Waals surface area contributed by atoms with Crippen molar-refractivity contribution in [1.82, 2.24) is 9.13 Å². The van der Waals surface area contributed by atoms with Crippen LogP contribution in [0.2, 0.25) is 5.02 Å². The maximum absolute atomic E-state index is 7.74. The first-order valence-corrected chi connectivity index (χ1v) is 29.2. The normalized spacial score (nSPS) is 12.5. The quantitative estimate of drug-likeness (QED) is 0.141. The third-order valence-electron chi connectivity index (χ3n) is 17.5. The van der Waals surface area contributed by atoms with Crippen molar-refractivity contribution in [2.75, 3.05) is 9.80 Å². The summed E-state index contributed by atoms with van der Waals surface area (Å²) >= 11 is 7.74. The first kappa shape index (κ1) is 48.2. The zero-order chi connectivity index (χ0) is 55.4. The van der Waals surface area contributed by atoms with Gasteiger partial charge >= 0.3 is 0 Å². The highest BCUT2D eigenvalue weighted by Gasteiger charge is 2.45. The van der Waals surface area contributed by atoms with Gasteiger partial charge in [-0.3, -0.25) is 0 Å². The summed E-state index contributed by atoms with van der Waals surface area (Å²) in [5.74, 6) is 0. The molecule has 0 spiro atoms. The number of hydrogen-bond acceptors (Lipinski definition) is 2. The van der Waals surface area contributed by atoms with Gasteiger partial charge in [-0.2, -0.15) is 0 Å². The third-order valence-corrected chi connectivity index (χ3v) is 17.8. The average molecular weight is 1090 g/mol. The SMILES string of the molecule is Clc1cc2c3c(c1)N(c1ccc(-c4ccccc4)cc1)c1cc(-n4c5ccccc5c5ccccc54)c(-c4ccccc4)cc1B3c1cc(-c3ccccc3)c(-n3c4ccccc4c4ccccc43)cc1N2c1ccc(-c2ccccc2)cc1. The summed E-state index contributed by atoms with van der Waals surface area (Å²) < 4.78 is 4.98. The molecule has 0 saturated heterocycles. The van der Waals surface area contributed by atoms with Gasteiger partial charge in [0, 0.05) is 71.8 Å². The first-order chi connectivity index (χ1) is 41.6. The second kappa shape index (κ2) is 19.3. The molecule has 0 radical (unpaired) electrons. The van der Waals surface area contributed by atoms with Crippen molar-refractivity contribution in [2.24, 2.45) is 0 Å². The van der Waals surface area contributed by atoms with E-state index in [1.54, 1.807) is 0 Å². The molecule has 2 aliphatic rings. The minimum absolute atomic E-state index is 0.249. The number of halogens is 1. The molecule has 2 aliphatic heterocycles. The van der Waals surface area contributed by atoms with Gasteiger partial charge in [0.05, 0.1) is 33.4 Å². The molecule has 0 saturated carbocycles. The van der Waals surface area contributed by atoms with E-state index in [4.69, 9.17) is 11.6 Å². The van der Waals surface area contributed by atoms with E-state index in [0.29, 0.717) is 5.02 Å². The van der Waals surface area contributed by atoms with Crippen LogP contribution < -0.4 is 26.2 Å². The second-order valence-corrected chi connectivity index (χ2v) is 22.6. The van der Waals surface area contributed by atoms with Crippen LogP contribution in [0, 0.1) is 0 Å². The lowest BCUT2D eigenvalue weighted by Crippen LogP contribution is -2.61. The van der Waals surface area contributed by atoms with Crippen LogP contribution in [0.3, 0.4) is 0 Å². The topological polar surface area (TPSA) is 16.3 Å². The molecular weight excluding hydrogens is 1040 g/mol. The van der Waals surface area contributed by atoms with E-state index in [1.807, 2.05) is 0 Å². The Bertz CT molecular complexity index is 4650. The van der Waals surface area contributed by atoms with Crippen molar-refractivity contribution in [3.05, 3.63) is 308 Å². The van der Waals surface area contributed by atoms with Gasteiger partial charge < -0.3 is 18.9 Å². The predicted octanol–water partition coefficient (Wildman–Crippen LogP) is 19.3. The van der Waals surface area contributed by atoms with Crippen molar-refractivity contribution >= 4 is 112 Å². The van der Waals surface area contributed by atoms with Crippen molar-refractivity contribution in [3.8, 4) is 55.9 Å². The smallest absolute Gasteiger partial charge is 0.252 e. The summed E-state index contributed by atoms with van der Waals surface area (Å²) in [6.45, 7) is -0.249. The number of nitrogens with zero attached hydrogens (tertiary/aromatic N) is 4. The Morgan fingerprint density at radius 1 is 0.250 bits per heavy atom. The maximum atomic E-state index is 7.74. The number of para-hydroxylation sites is 4. The van der Waals surface area contributed by atoms with Crippen LogP contribution in [0.1, 0.15) is 0 Å². The molecule has 0 aliphatic carbocycles. The minimum atomic E-state index is -0.249. The lowest BCUT2D eigenvalue weighted by Gasteiger charge is -2.45. The maximum Gasteiger partial charge on any atom is 0.252 e. The molecule has 4 heterocycles. The number of fused-ring (bicyclic) bond motifs is 10. The van der Waals surface area contributed by atoms with Gasteiger partial charge in [-0.25, -0.2) is 0 Å². The fourth-order valence-electron chi connectivity index (χ4n) is 13.9. The number of anilines is 6. The highest BCUT2D eigenvalue weighted by Crippen LogP contribution is 2.50. The summed E-state index contributed by atoms with van der Waals surface area (Å²) in [7, 11) is 0. The monoisotopic (exact) mass is 1090 g/mol. The van der Waals surface area contributed by atoms with Gasteiger partial charge in [-0.05, 0) is 123 Å². The highest BCUT2D eigenvalue weighted by atomic mass is 35.5. The zero-order valence-corrected chi connectivity index (χ0v) is 46.4. The average Bonchev–Trinajstić information content (AvgIpc) is 1.35. The van der Waals surface area contributed by atoms with Crippen molar-refractivity contribution in [2.45, 2.75) is 0 Å². The summed E-state index contributed by atoms with van der Waals surface area (Å²) in [6, 6.07) is 111. The molecule has 0 unspecified atom stereocenters. The molecule has 15 aromatic rings. The van der Waals surface area contributed by atoms with E-state index in [0.717, 1.165) is 101 Å². The van der Waals surface area contributed by atoms with Crippen LogP contribution in [0.25, 0.3) is 99.5 Å². The molecule has 0 atom stereocenters. The van der Waals surface area contributed by atoms with E-state index in [-0.39, 0.29) is 6.71 Å². The van der Waals surface area contributed by atoms with Gasteiger partial charge in [0.1, 0.15) is 0 Å². The molecule has 0 fully saturated rings. The van der Waals surface area contributed by atoms with Gasteiger partial charge in [0.2, 0.25) is 0 Å². The van der Waals surface area contributed by atoms with E-state index in [1.165, 1.54) is 49.1 Å². The Labute approximate surface area is 492 Å². The molecule has 84 heavy (non-hydrogen) atoms. The molecule has 392 valence electrons. The summed E-state index contributed by atoms with van der Waals surface area (Å²) in [4.78, 5) is 4.98. The lowest BCUT2D eigenvalue weighted by atomic mass is 9.33. The fraction of sp³-hybridized carbons (Fsp3) is 0. The number of aromatic nitrogens is 2. The van der Waals surface area contributed by atoms with Crippen LogP contribution in [0.5, 0.6) is 0 Å². The Morgan fingerprint density at radius 2 is 0.548 bits per heavy atom. The molecule has 4 nitrogen and oxygen atoms in total. The number of benzene rings is 13. The van der Waals surface area contributed by atoms with Crippen molar-refractivity contribution < 1.29 is 0 Å². The highest BCUT2D eigenvalue weighted by molar-refractivity contribution is 7.00. The summed E-state index contributed by atoms with van der Waals surface area (Å²) in [5.41, 5.74) is 25.9. The first-order valence-electron chi connectivity index (χ1n) is 28.8. The Kier molecular flexibility index (Phi) is 11.1. The van der Waals surface area contributed by atoms with Gasteiger partial charge in [-0.15, -0.1) is 0 Å². The lowest BCUT2D eigenvalue weighted by molar-refractivity contribution is 1.17. The van der Waals surface area contributed by atoms with Crippen LogP contribution >= 0.6 is 11.6 Å². The Hall–Kier alpha value is -10.6. The molecule has 0 N–H and O–H groups in total. The van der Waals surface area contributed by atoms with Gasteiger partial charge in [0.15, 0.2) is 0 Å². The number of hydrogen-bond donors (Lipinski definition) is 0. The van der Waals surface area contributed by atoms with E-state index >= 15 is 0 Å². The standard InChI is InChI=1S/C78H50BClN4/c80-57-45-76-78-77(46-57)82(59-43-39-54(40-44-59)52-23-7-2-8-24-52)75-50-73(84-70-35-19-15-31-62(70)63-32-16-20-36-71(63)84)65(56-27-11-4-12-28-56)48-67(75)79(78)66-47-64(55-25-9-3-10-26-55)72(83-68-33-17-13-29-60(68)61-30-14-18-34-69(61)83)49-74(66)81(76)58-41-37-53(38-42-58)51-21-5-1-6-22-51/h1-50H. The molecule has 6 heteroatoms. The third kappa shape index (κ3) is 7.49. The molecule has 0 amide bonds. The van der Waals surface area contributed by atoms with E-state index < -0.39 is 0 Å². The van der Waals surface area contributed by atoms with Crippen molar-refractivity contribution in [1.29, 1.82) is 0 Å². The largest absolute Gasteiger partial charge is 0.311 e. The Morgan fingerprint density at radius 3 is 0.893 bits per heavy atom.